The molecule has 19 heavy (non-hydrogen) atoms. The van der Waals surface area contributed by atoms with E-state index in [0.717, 1.165) is 0 Å². The van der Waals surface area contributed by atoms with Gasteiger partial charge < -0.3 is 0 Å². The van der Waals surface area contributed by atoms with E-state index >= 15 is 0 Å². The molecule has 2 aliphatic carbocycles. The van der Waals surface area contributed by atoms with E-state index in [0.29, 0.717) is 0 Å². The van der Waals surface area contributed by atoms with Crippen molar-refractivity contribution >= 4 is 81.0 Å². The second-order valence-corrected chi connectivity index (χ2v) is 8.77. The molecule has 108 valence electrons. The van der Waals surface area contributed by atoms with Crippen LogP contribution in [0.25, 0.3) is 0 Å². The maximum absolute atomic E-state index is 11.3. The Labute approximate surface area is 142 Å². The van der Waals surface area contributed by atoms with E-state index in [4.69, 9.17) is 78.0 Å². The van der Waals surface area contributed by atoms with Crippen LogP contribution in [0, 0.1) is 11.8 Å². The monoisotopic (exact) mass is 404 g/mol. The van der Waals surface area contributed by atoms with Crippen LogP contribution in [0.4, 0.5) is 0 Å². The minimum absolute atomic E-state index is 0.0107. The van der Waals surface area contributed by atoms with Crippen LogP contribution in [-0.4, -0.2) is 31.5 Å². The van der Waals surface area contributed by atoms with Gasteiger partial charge in [0.15, 0.2) is 4.33 Å². The van der Waals surface area contributed by atoms with Gasteiger partial charge in [0.05, 0.1) is 23.3 Å². The summed E-state index contributed by atoms with van der Waals surface area (Å²) in [5, 5.41) is 0.210. The maximum Gasteiger partial charge on any atom is 0.304 e. The van der Waals surface area contributed by atoms with Crippen molar-refractivity contribution in [3.8, 4) is 0 Å². The number of allylic oxidation sites excluding steroid dienone is 2. The molecule has 3 aliphatic rings. The summed E-state index contributed by atoms with van der Waals surface area (Å²) in [5.41, 5.74) is 0. The second-order valence-electron chi connectivity index (χ2n) is 4.61. The topological polar surface area (TPSA) is 35.5 Å². The van der Waals surface area contributed by atoms with Crippen molar-refractivity contribution in [3.63, 3.8) is 0 Å². The van der Waals surface area contributed by atoms with Crippen LogP contribution in [0.15, 0.2) is 10.1 Å². The second kappa shape index (κ2) is 4.53. The zero-order chi connectivity index (χ0) is 14.2. The fourth-order valence-corrected chi connectivity index (χ4v) is 6.60. The summed E-state index contributed by atoms with van der Waals surface area (Å²) >= 11 is 36.4. The van der Waals surface area contributed by atoms with Crippen molar-refractivity contribution in [2.75, 3.05) is 13.2 Å². The summed E-state index contributed by atoms with van der Waals surface area (Å²) in [6, 6.07) is 0. The third-order valence-corrected chi connectivity index (χ3v) is 8.95. The molecular weight excluding hydrogens is 401 g/mol. The number of rotatable bonds is 0. The minimum Gasteiger partial charge on any atom is -0.268 e. The van der Waals surface area contributed by atoms with E-state index in [1.165, 1.54) is 0 Å². The highest BCUT2D eigenvalue weighted by Gasteiger charge is 2.82. The first kappa shape index (κ1) is 15.4. The van der Waals surface area contributed by atoms with E-state index in [2.05, 4.69) is 0 Å². The molecular formula is C9H6Cl6O3S. The summed E-state index contributed by atoms with van der Waals surface area (Å²) in [6.07, 6.45) is 0. The van der Waals surface area contributed by atoms with Gasteiger partial charge >= 0.3 is 11.4 Å². The van der Waals surface area contributed by atoms with Gasteiger partial charge in [-0.3, -0.25) is 8.37 Å². The molecule has 0 amide bonds. The highest BCUT2D eigenvalue weighted by atomic mass is 35.5. The first-order valence-electron chi connectivity index (χ1n) is 5.19. The van der Waals surface area contributed by atoms with Crippen LogP contribution in [0.1, 0.15) is 0 Å². The van der Waals surface area contributed by atoms with Gasteiger partial charge in [0, 0.05) is 11.8 Å². The number of fused-ring (bicyclic) bond motifs is 5. The lowest BCUT2D eigenvalue weighted by molar-refractivity contribution is 0.207. The Bertz CT molecular complexity index is 470. The average molecular weight is 407 g/mol. The van der Waals surface area contributed by atoms with Gasteiger partial charge in [-0.1, -0.05) is 46.4 Å². The molecule has 1 aliphatic heterocycles. The molecule has 3 nitrogen and oxygen atoms in total. The van der Waals surface area contributed by atoms with Crippen molar-refractivity contribution in [1.29, 1.82) is 0 Å². The fraction of sp³-hybridized carbons (Fsp3) is 0.778. The van der Waals surface area contributed by atoms with E-state index in [-0.39, 0.29) is 23.3 Å². The van der Waals surface area contributed by atoms with Crippen LogP contribution in [0.5, 0.6) is 0 Å². The smallest absolute Gasteiger partial charge is 0.268 e. The zero-order valence-corrected chi connectivity index (χ0v) is 14.3. The Morgan fingerprint density at radius 3 is 1.68 bits per heavy atom. The van der Waals surface area contributed by atoms with Gasteiger partial charge in [-0.05, 0) is 0 Å². The average Bonchev–Trinajstić information content (AvgIpc) is 2.54. The zero-order valence-electron chi connectivity index (χ0n) is 8.97. The van der Waals surface area contributed by atoms with Crippen LogP contribution < -0.4 is 0 Å². The molecule has 1 saturated carbocycles. The SMILES string of the molecule is O=S1OC[C@H]2[C@H](CO1)[C@]1(Cl)C(Cl)=C(Cl)[C@]2(Cl)C1(Cl)Cl. The number of hydrogen-bond acceptors (Lipinski definition) is 3. The largest absolute Gasteiger partial charge is 0.304 e. The molecule has 2 fully saturated rings. The lowest BCUT2D eigenvalue weighted by atomic mass is 9.83. The third kappa shape index (κ3) is 1.59. The lowest BCUT2D eigenvalue weighted by Gasteiger charge is -2.33. The van der Waals surface area contributed by atoms with Crippen LogP contribution in [-0.2, 0) is 19.7 Å². The van der Waals surface area contributed by atoms with Gasteiger partial charge in [-0.15, -0.1) is 23.2 Å². The first-order chi connectivity index (χ1) is 8.69. The van der Waals surface area contributed by atoms with Crippen LogP contribution in [0.3, 0.4) is 0 Å². The van der Waals surface area contributed by atoms with Gasteiger partial charge in [-0.25, -0.2) is 0 Å². The summed E-state index contributed by atoms with van der Waals surface area (Å²) in [4.78, 5) is -2.78. The third-order valence-electron chi connectivity index (χ3n) is 3.94. The predicted molar refractivity (Wildman–Crippen MR) is 77.4 cm³/mol. The van der Waals surface area contributed by atoms with Gasteiger partial charge in [0.2, 0.25) is 0 Å². The van der Waals surface area contributed by atoms with Crippen LogP contribution >= 0.6 is 69.6 Å². The molecule has 0 aromatic rings. The standard InChI is InChI=1S/C9H6Cl6O3S/c10-5-6(11)8(13)4-2-18-19(16)17-1-3(4)7(5,12)9(8,14)15/h3-4H,1-2H2/t3-,4-,7-,8-/m0/s1. The molecule has 0 radical (unpaired) electrons. The number of alkyl halides is 4. The quantitative estimate of drug-likeness (QED) is 0.575. The van der Waals surface area contributed by atoms with Gasteiger partial charge in [0.25, 0.3) is 0 Å². The van der Waals surface area contributed by atoms with E-state index in [1.807, 2.05) is 0 Å². The Morgan fingerprint density at radius 1 is 0.947 bits per heavy atom. The molecule has 0 unspecified atom stereocenters. The molecule has 4 atom stereocenters. The fourth-order valence-electron chi connectivity index (χ4n) is 2.96. The molecule has 0 N–H and O–H groups in total. The first-order valence-corrected chi connectivity index (χ1v) is 8.46. The van der Waals surface area contributed by atoms with Crippen molar-refractivity contribution in [2.24, 2.45) is 11.8 Å². The molecule has 1 heterocycles. The van der Waals surface area contributed by atoms with Gasteiger partial charge in [0.1, 0.15) is 9.75 Å². The normalized spacial score (nSPS) is 49.4. The van der Waals surface area contributed by atoms with E-state index in [9.17, 15) is 4.21 Å². The highest BCUT2D eigenvalue weighted by molar-refractivity contribution is 7.75. The maximum atomic E-state index is 11.3. The summed E-state index contributed by atoms with van der Waals surface area (Å²) in [7, 11) is 0. The number of hydrogen-bond donors (Lipinski definition) is 0. The Hall–Kier alpha value is 1.55. The molecule has 3 rings (SSSR count). The van der Waals surface area contributed by atoms with Crippen molar-refractivity contribution < 1.29 is 12.6 Å². The van der Waals surface area contributed by atoms with Gasteiger partial charge in [-0.2, -0.15) is 4.21 Å². The van der Waals surface area contributed by atoms with E-state index < -0.39 is 37.3 Å². The lowest BCUT2D eigenvalue weighted by Crippen LogP contribution is -2.45. The van der Waals surface area contributed by atoms with Crippen LogP contribution in [0.2, 0.25) is 0 Å². The van der Waals surface area contributed by atoms with Crippen molar-refractivity contribution in [1.82, 2.24) is 0 Å². The molecule has 10 heteroatoms. The molecule has 0 aromatic carbocycles. The minimum atomic E-state index is -1.86. The summed E-state index contributed by atoms with van der Waals surface area (Å²) in [6.45, 7) is 0.0215. The Morgan fingerprint density at radius 2 is 1.32 bits per heavy atom. The summed E-state index contributed by atoms with van der Waals surface area (Å²) in [5.74, 6) is -0.911. The molecule has 0 aromatic heterocycles. The highest BCUT2D eigenvalue weighted by Crippen LogP contribution is 2.76. The number of halogens is 6. The summed E-state index contributed by atoms with van der Waals surface area (Å²) < 4.78 is 19.7. The molecule has 1 saturated heterocycles. The Balaban J connectivity index is 2.19. The van der Waals surface area contributed by atoms with E-state index in [1.54, 1.807) is 0 Å². The van der Waals surface area contributed by atoms with Crippen molar-refractivity contribution in [2.45, 2.75) is 14.1 Å². The predicted octanol–water partition coefficient (Wildman–Crippen LogP) is 3.69. The molecule has 0 spiro atoms. The van der Waals surface area contributed by atoms with Crippen molar-refractivity contribution in [3.05, 3.63) is 10.1 Å². The molecule has 2 bridgehead atoms. The Kier molecular flexibility index (Phi) is 3.68.